The van der Waals surface area contributed by atoms with Gasteiger partial charge in [-0.25, -0.2) is 4.79 Å². The number of hydrogen-bond donors (Lipinski definition) is 1. The van der Waals surface area contributed by atoms with Crippen molar-refractivity contribution >= 4 is 62.5 Å². The zero-order valence-electron chi connectivity index (χ0n) is 16.5. The third-order valence-electron chi connectivity index (χ3n) is 4.36. The van der Waals surface area contributed by atoms with Crippen LogP contribution >= 0.6 is 22.9 Å². The van der Waals surface area contributed by atoms with Crippen molar-refractivity contribution in [2.45, 2.75) is 6.92 Å². The van der Waals surface area contributed by atoms with Crippen LogP contribution in [0.2, 0.25) is 5.02 Å². The van der Waals surface area contributed by atoms with Crippen LogP contribution in [0.15, 0.2) is 77.8 Å². The molecule has 0 spiro atoms. The number of nitrogens with one attached hydrogen (secondary N) is 1. The minimum Gasteiger partial charge on any atom is -0.422 e. The van der Waals surface area contributed by atoms with Gasteiger partial charge in [0.2, 0.25) is 5.91 Å². The van der Waals surface area contributed by atoms with E-state index in [4.69, 9.17) is 16.3 Å². The van der Waals surface area contributed by atoms with Gasteiger partial charge in [0.15, 0.2) is 0 Å². The van der Waals surface area contributed by atoms with Crippen molar-refractivity contribution in [2.75, 3.05) is 5.32 Å². The molecule has 4 aromatic rings. The molecule has 4 rings (SSSR count). The zero-order valence-corrected chi connectivity index (χ0v) is 18.0. The summed E-state index contributed by atoms with van der Waals surface area (Å²) in [5.41, 5.74) is 2.32. The van der Waals surface area contributed by atoms with Crippen LogP contribution in [0, 0.1) is 0 Å². The minimum absolute atomic E-state index is 0.119. The molecule has 1 amide bonds. The average Bonchev–Trinajstić information content (AvgIpc) is 3.11. The molecule has 5 nitrogen and oxygen atoms in total. The summed E-state index contributed by atoms with van der Waals surface area (Å²) in [6.45, 7) is 1.46. The van der Waals surface area contributed by atoms with E-state index in [1.54, 1.807) is 30.5 Å². The van der Waals surface area contributed by atoms with Gasteiger partial charge in [0.25, 0.3) is 0 Å². The highest BCUT2D eigenvalue weighted by Crippen LogP contribution is 2.35. The quantitative estimate of drug-likeness (QED) is 0.216. The monoisotopic (exact) mass is 448 g/mol. The van der Waals surface area contributed by atoms with Gasteiger partial charge < -0.3 is 10.1 Å². The van der Waals surface area contributed by atoms with Gasteiger partial charge in [-0.05, 0) is 60.2 Å². The van der Waals surface area contributed by atoms with E-state index in [9.17, 15) is 9.59 Å². The van der Waals surface area contributed by atoms with Crippen molar-refractivity contribution in [1.29, 1.82) is 0 Å². The average molecular weight is 449 g/mol. The van der Waals surface area contributed by atoms with Crippen molar-refractivity contribution in [3.63, 3.8) is 0 Å². The van der Waals surface area contributed by atoms with Crippen molar-refractivity contribution < 1.29 is 14.3 Å². The number of aliphatic imine (C=N–C) groups is 1. The molecule has 154 valence electrons. The number of fused-ring (bicyclic) bond motifs is 1. The Morgan fingerprint density at radius 1 is 1.00 bits per heavy atom. The molecule has 7 heteroatoms. The maximum atomic E-state index is 12.5. The van der Waals surface area contributed by atoms with Crippen molar-refractivity contribution in [2.24, 2.45) is 4.99 Å². The van der Waals surface area contributed by atoms with Crippen LogP contribution in [0.1, 0.15) is 22.2 Å². The second-order valence-electron chi connectivity index (χ2n) is 6.69. The van der Waals surface area contributed by atoms with Crippen LogP contribution in [0.3, 0.4) is 0 Å². The first-order valence-corrected chi connectivity index (χ1v) is 10.6. The molecule has 0 aliphatic heterocycles. The van der Waals surface area contributed by atoms with Gasteiger partial charge in [0.1, 0.15) is 10.6 Å². The zero-order chi connectivity index (χ0) is 21.8. The van der Waals surface area contributed by atoms with Gasteiger partial charge in [0, 0.05) is 28.9 Å². The van der Waals surface area contributed by atoms with Gasteiger partial charge in [-0.3, -0.25) is 9.79 Å². The summed E-state index contributed by atoms with van der Waals surface area (Å²) >= 11 is 7.66. The Kier molecular flexibility index (Phi) is 6.11. The standard InChI is InChI=1S/C24H17ClN2O3S/c1-15(28)27-18-10-8-17(9-11-18)26-14-16-6-12-19(13-7-16)30-24(29)23-22(25)20-4-2-3-5-21(20)31-23/h2-14H,1H3,(H,27,28). The van der Waals surface area contributed by atoms with Gasteiger partial charge in [-0.1, -0.05) is 29.8 Å². The van der Waals surface area contributed by atoms with Crippen LogP contribution in [-0.2, 0) is 4.79 Å². The number of anilines is 1. The molecule has 0 bridgehead atoms. The highest BCUT2D eigenvalue weighted by Gasteiger charge is 2.18. The molecule has 0 aliphatic rings. The van der Waals surface area contributed by atoms with Crippen LogP contribution < -0.4 is 10.1 Å². The molecule has 0 radical (unpaired) electrons. The number of amides is 1. The van der Waals surface area contributed by atoms with E-state index in [0.717, 1.165) is 27.0 Å². The van der Waals surface area contributed by atoms with E-state index in [1.807, 2.05) is 48.5 Å². The lowest BCUT2D eigenvalue weighted by atomic mass is 10.2. The van der Waals surface area contributed by atoms with Crippen molar-refractivity contribution in [1.82, 2.24) is 0 Å². The van der Waals surface area contributed by atoms with Crippen LogP contribution in [-0.4, -0.2) is 18.1 Å². The van der Waals surface area contributed by atoms with Gasteiger partial charge in [-0.2, -0.15) is 0 Å². The first kappa shape index (κ1) is 20.8. The largest absolute Gasteiger partial charge is 0.422 e. The fraction of sp³-hybridized carbons (Fsp3) is 0.0417. The molecule has 31 heavy (non-hydrogen) atoms. The van der Waals surface area contributed by atoms with Gasteiger partial charge in [0.05, 0.1) is 10.7 Å². The summed E-state index contributed by atoms with van der Waals surface area (Å²) in [4.78, 5) is 28.4. The van der Waals surface area contributed by atoms with Crippen LogP contribution in [0.5, 0.6) is 5.75 Å². The highest BCUT2D eigenvalue weighted by atomic mass is 35.5. The number of hydrogen-bond acceptors (Lipinski definition) is 5. The summed E-state index contributed by atoms with van der Waals surface area (Å²) in [7, 11) is 0. The smallest absolute Gasteiger partial charge is 0.355 e. The number of ether oxygens (including phenoxy) is 1. The molecule has 3 aromatic carbocycles. The normalized spacial score (nSPS) is 11.0. The lowest BCUT2D eigenvalue weighted by Gasteiger charge is -2.04. The topological polar surface area (TPSA) is 67.8 Å². The van der Waals surface area contributed by atoms with E-state index in [0.29, 0.717) is 15.6 Å². The SMILES string of the molecule is CC(=O)Nc1ccc(N=Cc2ccc(OC(=O)c3sc4ccccc4c3Cl)cc2)cc1. The van der Waals surface area contributed by atoms with E-state index in [1.165, 1.54) is 18.3 Å². The molecule has 1 aromatic heterocycles. The Hall–Kier alpha value is -3.48. The molecule has 1 heterocycles. The van der Waals surface area contributed by atoms with E-state index in [-0.39, 0.29) is 5.91 Å². The first-order valence-electron chi connectivity index (χ1n) is 9.40. The predicted molar refractivity (Wildman–Crippen MR) is 126 cm³/mol. The molecule has 0 saturated heterocycles. The Labute approximate surface area is 188 Å². The van der Waals surface area contributed by atoms with Crippen LogP contribution in [0.25, 0.3) is 10.1 Å². The Morgan fingerprint density at radius 3 is 2.39 bits per heavy atom. The highest BCUT2D eigenvalue weighted by molar-refractivity contribution is 7.21. The Balaban J connectivity index is 1.42. The number of rotatable bonds is 5. The summed E-state index contributed by atoms with van der Waals surface area (Å²) < 4.78 is 6.42. The van der Waals surface area contributed by atoms with Crippen molar-refractivity contribution in [3.8, 4) is 5.75 Å². The molecule has 0 fully saturated rings. The summed E-state index contributed by atoms with van der Waals surface area (Å²) in [6.07, 6.45) is 1.71. The lowest BCUT2D eigenvalue weighted by molar-refractivity contribution is -0.114. The van der Waals surface area contributed by atoms with E-state index in [2.05, 4.69) is 10.3 Å². The maximum Gasteiger partial charge on any atom is 0.355 e. The molecule has 0 unspecified atom stereocenters. The number of nitrogens with zero attached hydrogens (tertiary/aromatic N) is 1. The summed E-state index contributed by atoms with van der Waals surface area (Å²) in [5, 5.41) is 3.97. The second kappa shape index (κ2) is 9.12. The number of benzene rings is 3. The Bertz CT molecular complexity index is 1280. The third-order valence-corrected chi connectivity index (χ3v) is 6.02. The third kappa shape index (κ3) is 4.99. The van der Waals surface area contributed by atoms with E-state index < -0.39 is 5.97 Å². The fourth-order valence-electron chi connectivity index (χ4n) is 2.90. The summed E-state index contributed by atoms with van der Waals surface area (Å²) in [5.74, 6) is -0.172. The maximum absolute atomic E-state index is 12.5. The molecule has 0 saturated carbocycles. The van der Waals surface area contributed by atoms with Crippen LogP contribution in [0.4, 0.5) is 11.4 Å². The van der Waals surface area contributed by atoms with Gasteiger partial charge >= 0.3 is 5.97 Å². The molecular weight excluding hydrogens is 432 g/mol. The minimum atomic E-state index is -0.480. The van der Waals surface area contributed by atoms with Gasteiger partial charge in [-0.15, -0.1) is 11.3 Å². The predicted octanol–water partition coefficient (Wildman–Crippen LogP) is 6.48. The number of carbonyl (C=O) groups excluding carboxylic acids is 2. The van der Waals surface area contributed by atoms with Crippen molar-refractivity contribution in [3.05, 3.63) is 88.3 Å². The first-order chi connectivity index (χ1) is 15.0. The molecule has 0 aliphatic carbocycles. The Morgan fingerprint density at radius 2 is 1.71 bits per heavy atom. The number of thiophene rings is 1. The molecular formula is C24H17ClN2O3S. The number of halogens is 1. The van der Waals surface area contributed by atoms with E-state index >= 15 is 0 Å². The fourth-order valence-corrected chi connectivity index (χ4v) is 4.29. The second-order valence-corrected chi connectivity index (χ2v) is 8.12. The number of carbonyl (C=O) groups is 2. The number of esters is 1. The lowest BCUT2D eigenvalue weighted by Crippen LogP contribution is -2.06. The molecule has 0 atom stereocenters. The summed E-state index contributed by atoms with van der Waals surface area (Å²) in [6, 6.07) is 21.8. The molecule has 1 N–H and O–H groups in total.